The Bertz CT molecular complexity index is 1080. The van der Waals surface area contributed by atoms with Gasteiger partial charge in [0, 0.05) is 38.0 Å². The van der Waals surface area contributed by atoms with Gasteiger partial charge in [-0.25, -0.2) is 4.39 Å². The normalized spacial score (nSPS) is 18.6. The van der Waals surface area contributed by atoms with E-state index in [9.17, 15) is 19.1 Å². The number of halogens is 1. The molecule has 1 saturated heterocycles. The van der Waals surface area contributed by atoms with E-state index in [1.54, 1.807) is 49.6 Å². The average molecular weight is 529 g/mol. The number of hydrogen-bond donors (Lipinski definition) is 2. The second kappa shape index (κ2) is 13.6. The molecule has 2 heterocycles. The van der Waals surface area contributed by atoms with Gasteiger partial charge in [0.25, 0.3) is 0 Å². The van der Waals surface area contributed by atoms with Crippen molar-refractivity contribution in [3.05, 3.63) is 53.6 Å². The summed E-state index contributed by atoms with van der Waals surface area (Å²) in [6, 6.07) is 11.7. The summed E-state index contributed by atoms with van der Waals surface area (Å²) in [4.78, 5) is 27.1. The maximum Gasteiger partial charge on any atom is 0.220 e. The van der Waals surface area contributed by atoms with Crippen LogP contribution < -0.4 is 19.5 Å². The van der Waals surface area contributed by atoms with E-state index >= 15 is 0 Å². The molecule has 1 amide bonds. The minimum Gasteiger partial charge on any atom is -0.497 e. The minimum atomic E-state index is -0.990. The molecule has 2 aromatic carbocycles. The van der Waals surface area contributed by atoms with Gasteiger partial charge < -0.3 is 24.6 Å². The highest BCUT2D eigenvalue weighted by Crippen LogP contribution is 2.33. The number of unbranched alkanes of at least 4 members (excludes halogenated alkanes) is 2. The van der Waals surface area contributed by atoms with E-state index < -0.39 is 18.3 Å². The molecule has 0 spiro atoms. The van der Waals surface area contributed by atoms with Crippen LogP contribution in [0.1, 0.15) is 60.6 Å². The van der Waals surface area contributed by atoms with Crippen molar-refractivity contribution in [3.8, 4) is 17.2 Å². The zero-order chi connectivity index (χ0) is 26.9. The number of aliphatic hydroxyl groups excluding tert-OH is 1. The zero-order valence-electron chi connectivity index (χ0n) is 21.9. The average Bonchev–Trinajstić information content (AvgIpc) is 3.36. The number of ketones is 1. The third-order valence-electron chi connectivity index (χ3n) is 7.02. The number of carbonyl (C=O) groups is 2. The van der Waals surface area contributed by atoms with Gasteiger partial charge in [-0.05, 0) is 61.2 Å². The number of ether oxygens (including phenoxy) is 3. The zero-order valence-corrected chi connectivity index (χ0v) is 21.9. The fourth-order valence-electron chi connectivity index (χ4n) is 4.88. The number of amides is 1. The quantitative estimate of drug-likeness (QED) is 0.301. The summed E-state index contributed by atoms with van der Waals surface area (Å²) in [5.74, 6) is 1.78. The lowest BCUT2D eigenvalue weighted by molar-refractivity contribution is -0.123. The van der Waals surface area contributed by atoms with Gasteiger partial charge in [0.15, 0.2) is 17.3 Å². The lowest BCUT2D eigenvalue weighted by Crippen LogP contribution is -2.46. The van der Waals surface area contributed by atoms with Crippen LogP contribution in [-0.2, 0) is 4.79 Å². The Morgan fingerprint density at radius 2 is 1.82 bits per heavy atom. The first-order chi connectivity index (χ1) is 18.4. The molecule has 0 unspecified atom stereocenters. The van der Waals surface area contributed by atoms with Crippen LogP contribution in [0, 0.1) is 0 Å². The van der Waals surface area contributed by atoms with Crippen LogP contribution in [0.25, 0.3) is 0 Å². The van der Waals surface area contributed by atoms with Gasteiger partial charge >= 0.3 is 0 Å². The number of alkyl halides is 1. The van der Waals surface area contributed by atoms with Crippen LogP contribution in [-0.4, -0.2) is 73.9 Å². The van der Waals surface area contributed by atoms with Crippen LogP contribution in [0.15, 0.2) is 42.5 Å². The van der Waals surface area contributed by atoms with E-state index in [0.29, 0.717) is 86.9 Å². The van der Waals surface area contributed by atoms with Gasteiger partial charge in [-0.3, -0.25) is 14.5 Å². The summed E-state index contributed by atoms with van der Waals surface area (Å²) in [5, 5.41) is 14.2. The van der Waals surface area contributed by atoms with Crippen molar-refractivity contribution in [3.63, 3.8) is 0 Å². The molecule has 2 N–H and O–H groups in total. The van der Waals surface area contributed by atoms with E-state index in [4.69, 9.17) is 14.2 Å². The molecule has 38 heavy (non-hydrogen) atoms. The number of Topliss-reactive ketones (excluding diaryl/α,β-unsaturated/α-hetero) is 1. The Kier molecular flexibility index (Phi) is 9.95. The molecule has 0 aliphatic carbocycles. The third-order valence-corrected chi connectivity index (χ3v) is 7.02. The Hall–Kier alpha value is -3.17. The number of nitrogens with one attached hydrogen (secondary N) is 1. The molecule has 3 atom stereocenters. The number of hydrogen-bond acceptors (Lipinski definition) is 7. The molecular weight excluding hydrogens is 491 g/mol. The second-order valence-electron chi connectivity index (χ2n) is 9.88. The van der Waals surface area contributed by atoms with E-state index in [1.165, 1.54) is 0 Å². The summed E-state index contributed by atoms with van der Waals surface area (Å²) < 4.78 is 30.1. The third kappa shape index (κ3) is 7.68. The van der Waals surface area contributed by atoms with Gasteiger partial charge in [-0.15, -0.1) is 0 Å². The first-order valence-corrected chi connectivity index (χ1v) is 13.3. The molecule has 8 nitrogen and oxygen atoms in total. The fourth-order valence-corrected chi connectivity index (χ4v) is 4.88. The number of fused-ring (bicyclic) bond motifs is 1. The number of carbonyl (C=O) groups excluding carboxylic acids is 2. The SMILES string of the molecule is COc1ccc(C(=O)CCCCCC(=O)N[C@@H](CN2CC[C@@H](F)C2)[C@H](O)c2ccc3c(c2)OCCO3)cc1. The van der Waals surface area contributed by atoms with Crippen molar-refractivity contribution in [1.29, 1.82) is 0 Å². The molecule has 2 aliphatic rings. The van der Waals surface area contributed by atoms with Crippen LogP contribution in [0.3, 0.4) is 0 Å². The summed E-state index contributed by atoms with van der Waals surface area (Å²) in [7, 11) is 1.58. The number of rotatable bonds is 13. The van der Waals surface area contributed by atoms with Crippen molar-refractivity contribution in [2.75, 3.05) is 40.0 Å². The standard InChI is InChI=1S/C29H37FN2O6/c1-36-23-10-7-20(8-11-23)25(33)5-3-2-4-6-28(34)31-24(19-32-14-13-22(30)18-32)29(35)21-9-12-26-27(17-21)38-16-15-37-26/h7-12,17,22,24,29,35H,2-6,13-16,18-19H2,1H3,(H,31,34)/t22-,24+,29-/m1/s1. The molecule has 0 bridgehead atoms. The fraction of sp³-hybridized carbons (Fsp3) is 0.517. The van der Waals surface area contributed by atoms with Crippen LogP contribution >= 0.6 is 0 Å². The first-order valence-electron chi connectivity index (χ1n) is 13.3. The Balaban J connectivity index is 1.27. The number of aliphatic hydroxyl groups is 1. The highest BCUT2D eigenvalue weighted by Gasteiger charge is 2.30. The summed E-state index contributed by atoms with van der Waals surface area (Å²) in [6.45, 7) is 2.14. The van der Waals surface area contributed by atoms with Gasteiger partial charge in [0.2, 0.25) is 5.91 Å². The van der Waals surface area contributed by atoms with Crippen molar-refractivity contribution in [2.24, 2.45) is 0 Å². The number of nitrogens with zero attached hydrogens (tertiary/aromatic N) is 1. The molecule has 1 fully saturated rings. The molecule has 2 aromatic rings. The van der Waals surface area contributed by atoms with E-state index in [2.05, 4.69) is 5.32 Å². The summed E-state index contributed by atoms with van der Waals surface area (Å²) in [6.07, 6.45) is 1.33. The van der Waals surface area contributed by atoms with Crippen molar-refractivity contribution < 1.29 is 33.3 Å². The van der Waals surface area contributed by atoms with Crippen LogP contribution in [0.5, 0.6) is 17.2 Å². The molecule has 2 aliphatic heterocycles. The predicted octanol–water partition coefficient (Wildman–Crippen LogP) is 3.86. The van der Waals surface area contributed by atoms with E-state index in [-0.39, 0.29) is 18.1 Å². The van der Waals surface area contributed by atoms with E-state index in [1.807, 2.05) is 4.90 Å². The smallest absolute Gasteiger partial charge is 0.220 e. The van der Waals surface area contributed by atoms with Crippen molar-refractivity contribution >= 4 is 11.7 Å². The largest absolute Gasteiger partial charge is 0.497 e. The molecule has 9 heteroatoms. The lowest BCUT2D eigenvalue weighted by Gasteiger charge is -2.29. The maximum atomic E-state index is 13.8. The van der Waals surface area contributed by atoms with E-state index in [0.717, 1.165) is 6.42 Å². The Labute approximate surface area is 223 Å². The monoisotopic (exact) mass is 528 g/mol. The van der Waals surface area contributed by atoms with Crippen molar-refractivity contribution in [2.45, 2.75) is 56.8 Å². The highest BCUT2D eigenvalue weighted by molar-refractivity contribution is 5.96. The molecule has 4 rings (SSSR count). The van der Waals surface area contributed by atoms with Crippen LogP contribution in [0.4, 0.5) is 4.39 Å². The maximum absolute atomic E-state index is 13.8. The number of benzene rings is 2. The van der Waals surface area contributed by atoms with Crippen LogP contribution in [0.2, 0.25) is 0 Å². The highest BCUT2D eigenvalue weighted by atomic mass is 19.1. The van der Waals surface area contributed by atoms with Crippen molar-refractivity contribution in [1.82, 2.24) is 10.2 Å². The van der Waals surface area contributed by atoms with Gasteiger partial charge in [0.1, 0.15) is 31.2 Å². The molecule has 206 valence electrons. The number of methoxy groups -OCH3 is 1. The Morgan fingerprint density at radius 3 is 2.53 bits per heavy atom. The predicted molar refractivity (Wildman–Crippen MR) is 141 cm³/mol. The second-order valence-corrected chi connectivity index (χ2v) is 9.88. The molecule has 0 radical (unpaired) electrons. The topological polar surface area (TPSA) is 97.3 Å². The number of likely N-dealkylation sites (tertiary alicyclic amines) is 1. The lowest BCUT2D eigenvalue weighted by atomic mass is 10.00. The molecular formula is C29H37FN2O6. The van der Waals surface area contributed by atoms with Gasteiger partial charge in [0.05, 0.1) is 13.2 Å². The first kappa shape index (κ1) is 27.9. The minimum absolute atomic E-state index is 0.0662. The Morgan fingerprint density at radius 1 is 1.08 bits per heavy atom. The molecule has 0 saturated carbocycles. The van der Waals surface area contributed by atoms with Gasteiger partial charge in [-0.2, -0.15) is 0 Å². The summed E-state index contributed by atoms with van der Waals surface area (Å²) >= 11 is 0. The molecule has 0 aromatic heterocycles. The van der Waals surface area contributed by atoms with Gasteiger partial charge in [-0.1, -0.05) is 12.5 Å². The summed E-state index contributed by atoms with van der Waals surface area (Å²) in [5.41, 5.74) is 1.25.